The average Bonchev–Trinajstić information content (AvgIpc) is 3.53. The van der Waals surface area contributed by atoms with Gasteiger partial charge in [0.25, 0.3) is 0 Å². The van der Waals surface area contributed by atoms with Crippen LogP contribution >= 0.6 is 0 Å². The van der Waals surface area contributed by atoms with E-state index in [-0.39, 0.29) is 6.04 Å². The Bertz CT molecular complexity index is 1280. The Hall–Kier alpha value is -3.39. The van der Waals surface area contributed by atoms with Crippen molar-refractivity contribution < 1.29 is 9.26 Å². The van der Waals surface area contributed by atoms with Crippen molar-refractivity contribution in [2.45, 2.75) is 32.4 Å². The fraction of sp³-hybridized carbons (Fsp3) is 0.375. The van der Waals surface area contributed by atoms with Crippen molar-refractivity contribution in [2.24, 2.45) is 0 Å². The molecular formula is C24H26N6O2. The van der Waals surface area contributed by atoms with Gasteiger partial charge in [0.2, 0.25) is 5.95 Å². The maximum Gasteiger partial charge on any atom is 0.207 e. The van der Waals surface area contributed by atoms with Crippen molar-refractivity contribution in [3.8, 4) is 16.9 Å². The summed E-state index contributed by atoms with van der Waals surface area (Å²) in [5.41, 5.74) is 5.76. The Kier molecular flexibility index (Phi) is 4.43. The number of pyridine rings is 1. The van der Waals surface area contributed by atoms with Crippen LogP contribution in [-0.4, -0.2) is 52.5 Å². The van der Waals surface area contributed by atoms with Gasteiger partial charge in [-0.1, -0.05) is 11.2 Å². The minimum absolute atomic E-state index is 0.0442. The monoisotopic (exact) mass is 430 g/mol. The number of anilines is 1. The molecule has 2 atom stereocenters. The summed E-state index contributed by atoms with van der Waals surface area (Å²) in [5.74, 6) is 2.61. The maximum atomic E-state index is 6.44. The van der Waals surface area contributed by atoms with E-state index in [1.165, 1.54) is 0 Å². The molecule has 8 nitrogen and oxygen atoms in total. The minimum Gasteiger partial charge on any atom is -0.488 e. The first-order valence-electron chi connectivity index (χ1n) is 11.1. The van der Waals surface area contributed by atoms with E-state index in [4.69, 9.17) is 14.2 Å². The van der Waals surface area contributed by atoms with E-state index >= 15 is 0 Å². The highest BCUT2D eigenvalue weighted by atomic mass is 16.5. The highest BCUT2D eigenvalue weighted by Crippen LogP contribution is 2.46. The molecule has 1 saturated heterocycles. The van der Waals surface area contributed by atoms with E-state index in [1.54, 1.807) is 0 Å². The minimum atomic E-state index is -0.0442. The third-order valence-electron chi connectivity index (χ3n) is 6.70. The van der Waals surface area contributed by atoms with Crippen molar-refractivity contribution in [1.29, 1.82) is 0 Å². The van der Waals surface area contributed by atoms with Gasteiger partial charge in [-0.05, 0) is 51.6 Å². The van der Waals surface area contributed by atoms with Gasteiger partial charge in [-0.3, -0.25) is 9.55 Å². The summed E-state index contributed by atoms with van der Waals surface area (Å²) >= 11 is 0. The number of aryl methyl sites for hydroxylation is 2. The average molecular weight is 431 g/mol. The van der Waals surface area contributed by atoms with Crippen LogP contribution in [0.4, 0.5) is 5.95 Å². The number of likely N-dealkylation sites (N-methyl/N-ethyl adjacent to an activating group) is 1. The van der Waals surface area contributed by atoms with Gasteiger partial charge in [-0.2, -0.15) is 0 Å². The topological polar surface area (TPSA) is 81.2 Å². The molecule has 164 valence electrons. The van der Waals surface area contributed by atoms with Crippen molar-refractivity contribution in [3.05, 3.63) is 53.7 Å². The molecule has 1 fully saturated rings. The van der Waals surface area contributed by atoms with Crippen molar-refractivity contribution in [3.63, 3.8) is 0 Å². The Morgan fingerprint density at radius 1 is 1.16 bits per heavy atom. The molecule has 1 N–H and O–H groups in total. The Balaban J connectivity index is 1.59. The van der Waals surface area contributed by atoms with Gasteiger partial charge in [0.1, 0.15) is 23.9 Å². The number of hydrogen-bond acceptors (Lipinski definition) is 7. The standard InChI is InChI=1S/C24H26N6O2/c1-14-21(15(2)32-28-14)17-7-8-19-22-23(17)31-13-20(18-6-4-5-10-26-18)30(22)24(27-19)29-11-9-16(12-29)25-3/h4-8,10,16,20,25H,9,11-13H2,1-3H3/t16-,20-/m0/s1. The van der Waals surface area contributed by atoms with Crippen LogP contribution < -0.4 is 15.0 Å². The molecule has 0 spiro atoms. The van der Waals surface area contributed by atoms with E-state index in [9.17, 15) is 0 Å². The number of ether oxygens (including phenoxy) is 1. The van der Waals surface area contributed by atoms with Crippen LogP contribution in [0.1, 0.15) is 29.6 Å². The molecule has 2 aliphatic heterocycles. The molecule has 5 heterocycles. The van der Waals surface area contributed by atoms with E-state index < -0.39 is 0 Å². The van der Waals surface area contributed by atoms with Crippen LogP contribution in [0.15, 0.2) is 41.1 Å². The lowest BCUT2D eigenvalue weighted by Crippen LogP contribution is -2.33. The summed E-state index contributed by atoms with van der Waals surface area (Å²) in [7, 11) is 2.03. The summed E-state index contributed by atoms with van der Waals surface area (Å²) in [4.78, 5) is 12.1. The van der Waals surface area contributed by atoms with E-state index in [0.29, 0.717) is 12.6 Å². The number of hydrogen-bond donors (Lipinski definition) is 1. The number of imidazole rings is 1. The molecule has 4 aromatic rings. The highest BCUT2D eigenvalue weighted by molar-refractivity contribution is 5.94. The summed E-state index contributed by atoms with van der Waals surface area (Å²) in [6.07, 6.45) is 2.94. The number of nitrogens with one attached hydrogen (secondary N) is 1. The molecule has 3 aromatic heterocycles. The number of rotatable bonds is 4. The quantitative estimate of drug-likeness (QED) is 0.531. The molecule has 0 aliphatic carbocycles. The third-order valence-corrected chi connectivity index (χ3v) is 6.70. The SMILES string of the molecule is CN[C@H]1CCN(c2nc3ccc(-c4c(C)noc4C)c4c3n2[C@H](c2ccccn2)CO4)C1. The molecule has 0 saturated carbocycles. The van der Waals surface area contributed by atoms with Gasteiger partial charge in [-0.15, -0.1) is 0 Å². The second-order valence-electron chi connectivity index (χ2n) is 8.59. The Labute approximate surface area is 186 Å². The van der Waals surface area contributed by atoms with Crippen molar-refractivity contribution >= 4 is 17.0 Å². The number of benzene rings is 1. The van der Waals surface area contributed by atoms with E-state index in [0.717, 1.165) is 70.5 Å². The molecule has 0 unspecified atom stereocenters. The summed E-state index contributed by atoms with van der Waals surface area (Å²) in [6.45, 7) is 6.30. The zero-order valence-electron chi connectivity index (χ0n) is 18.5. The van der Waals surface area contributed by atoms with Crippen LogP contribution in [0.5, 0.6) is 5.75 Å². The van der Waals surface area contributed by atoms with Gasteiger partial charge >= 0.3 is 0 Å². The molecule has 32 heavy (non-hydrogen) atoms. The lowest BCUT2D eigenvalue weighted by atomic mass is 10.0. The first kappa shape index (κ1) is 19.3. The van der Waals surface area contributed by atoms with Crippen molar-refractivity contribution in [2.75, 3.05) is 31.6 Å². The van der Waals surface area contributed by atoms with Gasteiger partial charge in [0.05, 0.1) is 22.5 Å². The van der Waals surface area contributed by atoms with Crippen LogP contribution in [0, 0.1) is 13.8 Å². The Morgan fingerprint density at radius 2 is 2.06 bits per heavy atom. The highest BCUT2D eigenvalue weighted by Gasteiger charge is 2.35. The molecule has 2 aliphatic rings. The first-order chi connectivity index (χ1) is 15.7. The molecule has 8 heteroatoms. The third kappa shape index (κ3) is 2.82. The second kappa shape index (κ2) is 7.34. The summed E-state index contributed by atoms with van der Waals surface area (Å²) < 4.78 is 14.2. The van der Waals surface area contributed by atoms with Gasteiger partial charge in [-0.25, -0.2) is 4.98 Å². The van der Waals surface area contributed by atoms with E-state index in [2.05, 4.69) is 43.1 Å². The fourth-order valence-electron chi connectivity index (χ4n) is 5.08. The zero-order valence-corrected chi connectivity index (χ0v) is 18.5. The lowest BCUT2D eigenvalue weighted by Gasteiger charge is -2.30. The number of nitrogens with zero attached hydrogens (tertiary/aromatic N) is 5. The molecule has 6 rings (SSSR count). The van der Waals surface area contributed by atoms with Crippen LogP contribution in [0.25, 0.3) is 22.2 Å². The second-order valence-corrected chi connectivity index (χ2v) is 8.59. The van der Waals surface area contributed by atoms with Crippen LogP contribution in [0.2, 0.25) is 0 Å². The summed E-state index contributed by atoms with van der Waals surface area (Å²) in [5, 5.41) is 7.57. The number of aromatic nitrogens is 4. The Morgan fingerprint density at radius 3 is 2.78 bits per heavy atom. The van der Waals surface area contributed by atoms with Crippen LogP contribution in [0.3, 0.4) is 0 Å². The normalized spacial score (nSPS) is 20.2. The zero-order chi connectivity index (χ0) is 21.8. The van der Waals surface area contributed by atoms with E-state index in [1.807, 2.05) is 39.2 Å². The molecular weight excluding hydrogens is 404 g/mol. The first-order valence-corrected chi connectivity index (χ1v) is 11.1. The predicted octanol–water partition coefficient (Wildman–Crippen LogP) is 3.48. The molecule has 0 radical (unpaired) electrons. The van der Waals surface area contributed by atoms with Gasteiger partial charge in [0, 0.05) is 30.9 Å². The van der Waals surface area contributed by atoms with Crippen molar-refractivity contribution in [1.82, 2.24) is 25.0 Å². The molecule has 1 aromatic carbocycles. The molecule has 0 bridgehead atoms. The maximum absolute atomic E-state index is 6.44. The smallest absolute Gasteiger partial charge is 0.207 e. The fourth-order valence-corrected chi connectivity index (χ4v) is 5.08. The largest absolute Gasteiger partial charge is 0.488 e. The molecule has 0 amide bonds. The van der Waals surface area contributed by atoms with Gasteiger partial charge in [0.15, 0.2) is 5.75 Å². The van der Waals surface area contributed by atoms with Crippen LogP contribution in [-0.2, 0) is 0 Å². The lowest BCUT2D eigenvalue weighted by molar-refractivity contribution is 0.258. The summed E-state index contributed by atoms with van der Waals surface area (Å²) in [6, 6.07) is 10.6. The van der Waals surface area contributed by atoms with Gasteiger partial charge < -0.3 is 19.5 Å². The predicted molar refractivity (Wildman–Crippen MR) is 122 cm³/mol.